The Morgan fingerprint density at radius 1 is 1.16 bits per heavy atom. The Balaban J connectivity index is 0.000000267. The molecular formula is C25H36ClN3O3. The third-order valence-corrected chi connectivity index (χ3v) is 5.56. The summed E-state index contributed by atoms with van der Waals surface area (Å²) in [5, 5.41) is 9.61. The number of benzene rings is 1. The Hall–Kier alpha value is -2.44. The fourth-order valence-electron chi connectivity index (χ4n) is 3.36. The fraction of sp³-hybridized carbons (Fsp3) is 0.480. The second-order valence-corrected chi connectivity index (χ2v) is 8.50. The van der Waals surface area contributed by atoms with Gasteiger partial charge in [0.1, 0.15) is 0 Å². The molecule has 1 aromatic carbocycles. The van der Waals surface area contributed by atoms with Crippen LogP contribution < -0.4 is 10.6 Å². The standard InChI is InChI=1S/C11H14N2O3.C8H17N.C6H5Cl/c1-3-4-13(8(2)14)10-5-9(11(15)16)6-12-7-10;1-7-2-4-8(6-9)5-3-7;7-6-4-2-1-3-5-6/h5-7H,3-4H2,1-2H3,(H,15,16);7-8H,2-6,9H2,1H3;1-5H. The summed E-state index contributed by atoms with van der Waals surface area (Å²) >= 11 is 5.54. The number of carbonyl (C=O) groups is 2. The van der Waals surface area contributed by atoms with Gasteiger partial charge < -0.3 is 15.7 Å². The summed E-state index contributed by atoms with van der Waals surface area (Å²) in [6.45, 7) is 7.20. The van der Waals surface area contributed by atoms with E-state index in [1.54, 1.807) is 0 Å². The van der Waals surface area contributed by atoms with E-state index in [2.05, 4.69) is 11.9 Å². The highest BCUT2D eigenvalue weighted by molar-refractivity contribution is 6.30. The number of pyridine rings is 1. The first-order valence-electron chi connectivity index (χ1n) is 11.2. The van der Waals surface area contributed by atoms with Gasteiger partial charge in [0.15, 0.2) is 0 Å². The monoisotopic (exact) mass is 461 g/mol. The SMILES string of the molecule is CC1CCC(CN)CC1.CCCN(C(C)=O)c1cncc(C(=O)O)c1.Clc1ccccc1. The number of aromatic carboxylic acids is 1. The van der Waals surface area contributed by atoms with E-state index in [1.807, 2.05) is 37.3 Å². The molecule has 1 aliphatic carbocycles. The molecule has 3 rings (SSSR count). The molecule has 0 saturated heterocycles. The van der Waals surface area contributed by atoms with Gasteiger partial charge in [-0.3, -0.25) is 9.78 Å². The Morgan fingerprint density at radius 2 is 1.78 bits per heavy atom. The molecule has 1 saturated carbocycles. The van der Waals surface area contributed by atoms with Gasteiger partial charge in [-0.2, -0.15) is 0 Å². The number of carbonyl (C=O) groups excluding carboxylic acids is 1. The minimum absolute atomic E-state index is 0.0832. The van der Waals surface area contributed by atoms with Crippen LogP contribution in [0, 0.1) is 11.8 Å². The maximum Gasteiger partial charge on any atom is 0.337 e. The van der Waals surface area contributed by atoms with Gasteiger partial charge in [-0.25, -0.2) is 4.79 Å². The number of hydrogen-bond acceptors (Lipinski definition) is 4. The van der Waals surface area contributed by atoms with E-state index in [9.17, 15) is 9.59 Å². The van der Waals surface area contributed by atoms with Gasteiger partial charge >= 0.3 is 5.97 Å². The van der Waals surface area contributed by atoms with Gasteiger partial charge in [0, 0.05) is 24.7 Å². The van der Waals surface area contributed by atoms with Crippen LogP contribution in [0.1, 0.15) is 63.2 Å². The number of hydrogen-bond donors (Lipinski definition) is 2. The maximum atomic E-state index is 11.4. The van der Waals surface area contributed by atoms with Gasteiger partial charge in [0.05, 0.1) is 17.4 Å². The van der Waals surface area contributed by atoms with E-state index in [4.69, 9.17) is 22.4 Å². The number of aromatic nitrogens is 1. The second kappa shape index (κ2) is 15.4. The Kier molecular flexibility index (Phi) is 13.3. The van der Waals surface area contributed by atoms with Gasteiger partial charge in [0.2, 0.25) is 5.91 Å². The highest BCUT2D eigenvalue weighted by Gasteiger charge is 2.16. The Morgan fingerprint density at radius 3 is 2.22 bits per heavy atom. The fourth-order valence-corrected chi connectivity index (χ4v) is 3.51. The second-order valence-electron chi connectivity index (χ2n) is 8.06. The molecule has 6 nitrogen and oxygen atoms in total. The zero-order valence-corrected chi connectivity index (χ0v) is 20.1. The van der Waals surface area contributed by atoms with Crippen LogP contribution in [0.15, 0.2) is 48.8 Å². The lowest BCUT2D eigenvalue weighted by Crippen LogP contribution is -2.29. The third kappa shape index (κ3) is 10.7. The smallest absolute Gasteiger partial charge is 0.337 e. The molecule has 1 fully saturated rings. The molecule has 0 aliphatic heterocycles. The first-order chi connectivity index (χ1) is 15.3. The predicted octanol–water partition coefficient (Wildman–Crippen LogP) is 5.65. The first kappa shape index (κ1) is 27.6. The number of amides is 1. The van der Waals surface area contributed by atoms with Crippen molar-refractivity contribution < 1.29 is 14.7 Å². The van der Waals surface area contributed by atoms with Crippen molar-refractivity contribution in [3.8, 4) is 0 Å². The van der Waals surface area contributed by atoms with E-state index < -0.39 is 5.97 Å². The van der Waals surface area contributed by atoms with E-state index in [1.165, 1.54) is 56.0 Å². The molecule has 0 atom stereocenters. The topological polar surface area (TPSA) is 96.5 Å². The molecule has 3 N–H and O–H groups in total. The number of nitrogens with two attached hydrogens (primary N) is 1. The highest BCUT2D eigenvalue weighted by atomic mass is 35.5. The average molecular weight is 462 g/mol. The third-order valence-electron chi connectivity index (χ3n) is 5.31. The van der Waals surface area contributed by atoms with Crippen LogP contribution >= 0.6 is 11.6 Å². The van der Waals surface area contributed by atoms with Crippen molar-refractivity contribution >= 4 is 29.2 Å². The summed E-state index contributed by atoms with van der Waals surface area (Å²) in [6.07, 6.45) is 9.11. The van der Waals surface area contributed by atoms with Crippen molar-refractivity contribution in [2.75, 3.05) is 18.0 Å². The number of anilines is 1. The summed E-state index contributed by atoms with van der Waals surface area (Å²) < 4.78 is 0. The van der Waals surface area contributed by atoms with E-state index in [0.717, 1.165) is 29.8 Å². The van der Waals surface area contributed by atoms with Crippen molar-refractivity contribution in [2.24, 2.45) is 17.6 Å². The predicted molar refractivity (Wildman–Crippen MR) is 131 cm³/mol. The summed E-state index contributed by atoms with van der Waals surface area (Å²) in [7, 11) is 0. The lowest BCUT2D eigenvalue weighted by Gasteiger charge is -2.24. The van der Waals surface area contributed by atoms with Crippen molar-refractivity contribution in [1.82, 2.24) is 4.98 Å². The van der Waals surface area contributed by atoms with Gasteiger partial charge in [-0.15, -0.1) is 0 Å². The van der Waals surface area contributed by atoms with E-state index in [-0.39, 0.29) is 11.5 Å². The van der Waals surface area contributed by atoms with Crippen LogP contribution in [0.25, 0.3) is 0 Å². The van der Waals surface area contributed by atoms with Crippen molar-refractivity contribution in [3.63, 3.8) is 0 Å². The molecule has 0 spiro atoms. The molecule has 32 heavy (non-hydrogen) atoms. The minimum Gasteiger partial charge on any atom is -0.478 e. The largest absolute Gasteiger partial charge is 0.478 e. The van der Waals surface area contributed by atoms with Gasteiger partial charge in [-0.1, -0.05) is 56.5 Å². The molecule has 1 amide bonds. The van der Waals surface area contributed by atoms with Crippen LogP contribution in [-0.2, 0) is 4.79 Å². The molecule has 0 radical (unpaired) electrons. The van der Waals surface area contributed by atoms with Crippen LogP contribution in [0.5, 0.6) is 0 Å². The van der Waals surface area contributed by atoms with E-state index >= 15 is 0 Å². The average Bonchev–Trinajstić information content (AvgIpc) is 2.79. The molecule has 1 aliphatic rings. The maximum absolute atomic E-state index is 11.4. The number of carboxylic acids is 1. The van der Waals surface area contributed by atoms with Crippen LogP contribution in [0.2, 0.25) is 5.02 Å². The molecule has 1 aromatic heterocycles. The molecule has 176 valence electrons. The molecule has 7 heteroatoms. The quantitative estimate of drug-likeness (QED) is 0.599. The normalized spacial score (nSPS) is 17.2. The van der Waals surface area contributed by atoms with E-state index in [0.29, 0.717) is 12.2 Å². The Bertz CT molecular complexity index is 809. The van der Waals surface area contributed by atoms with Crippen LogP contribution in [0.4, 0.5) is 5.69 Å². The summed E-state index contributed by atoms with van der Waals surface area (Å²) in [5.74, 6) is 0.648. The zero-order chi connectivity index (χ0) is 23.9. The summed E-state index contributed by atoms with van der Waals surface area (Å²) in [6, 6.07) is 10.9. The summed E-state index contributed by atoms with van der Waals surface area (Å²) in [5.41, 5.74) is 6.15. The van der Waals surface area contributed by atoms with Gasteiger partial charge in [-0.05, 0) is 55.8 Å². The highest BCUT2D eigenvalue weighted by Crippen LogP contribution is 2.27. The minimum atomic E-state index is -1.05. The lowest BCUT2D eigenvalue weighted by molar-refractivity contribution is -0.116. The van der Waals surface area contributed by atoms with Crippen molar-refractivity contribution in [1.29, 1.82) is 0 Å². The van der Waals surface area contributed by atoms with Gasteiger partial charge in [0.25, 0.3) is 0 Å². The van der Waals surface area contributed by atoms with Crippen molar-refractivity contribution in [2.45, 2.75) is 52.9 Å². The number of nitrogens with zero attached hydrogens (tertiary/aromatic N) is 2. The van der Waals surface area contributed by atoms with Crippen LogP contribution in [-0.4, -0.2) is 35.1 Å². The Labute approximate surface area is 196 Å². The number of rotatable bonds is 5. The van der Waals surface area contributed by atoms with Crippen molar-refractivity contribution in [3.05, 3.63) is 59.4 Å². The van der Waals surface area contributed by atoms with Crippen LogP contribution in [0.3, 0.4) is 0 Å². The summed E-state index contributed by atoms with van der Waals surface area (Å²) in [4.78, 5) is 27.5. The lowest BCUT2D eigenvalue weighted by atomic mass is 9.83. The number of halogens is 1. The molecule has 0 unspecified atom stereocenters. The molecular weight excluding hydrogens is 426 g/mol. The molecule has 1 heterocycles. The molecule has 0 bridgehead atoms. The number of carboxylic acid groups (broad SMARTS) is 1. The first-order valence-corrected chi connectivity index (χ1v) is 11.5. The molecule has 2 aromatic rings. The zero-order valence-electron chi connectivity index (χ0n) is 19.3.